The van der Waals surface area contributed by atoms with Gasteiger partial charge in [-0.05, 0) is 6.08 Å². The zero-order valence-electron chi connectivity index (χ0n) is 5.56. The SMILES string of the molecule is O=C(O)N1CC(O)=CC=C1O. The van der Waals surface area contributed by atoms with Gasteiger partial charge in [0.15, 0.2) is 5.88 Å². The predicted octanol–water partition coefficient (Wildman–Crippen LogP) is 0.821. The summed E-state index contributed by atoms with van der Waals surface area (Å²) < 4.78 is 0. The average molecular weight is 157 g/mol. The summed E-state index contributed by atoms with van der Waals surface area (Å²) in [4.78, 5) is 10.9. The van der Waals surface area contributed by atoms with E-state index in [0.29, 0.717) is 4.90 Å². The third-order valence-electron chi connectivity index (χ3n) is 1.25. The number of aliphatic hydroxyl groups excluding tert-OH is 2. The summed E-state index contributed by atoms with van der Waals surface area (Å²) >= 11 is 0. The molecule has 60 valence electrons. The van der Waals surface area contributed by atoms with Crippen LogP contribution in [0.15, 0.2) is 23.8 Å². The molecule has 3 N–H and O–H groups in total. The van der Waals surface area contributed by atoms with E-state index in [2.05, 4.69) is 0 Å². The summed E-state index contributed by atoms with van der Waals surface area (Å²) in [7, 11) is 0. The van der Waals surface area contributed by atoms with Gasteiger partial charge in [0, 0.05) is 6.08 Å². The normalized spacial score (nSPS) is 17.3. The Morgan fingerprint density at radius 1 is 1.45 bits per heavy atom. The van der Waals surface area contributed by atoms with Gasteiger partial charge in [0.2, 0.25) is 0 Å². The highest BCUT2D eigenvalue weighted by Gasteiger charge is 2.19. The van der Waals surface area contributed by atoms with Crippen molar-refractivity contribution in [2.75, 3.05) is 6.54 Å². The highest BCUT2D eigenvalue weighted by Crippen LogP contribution is 2.10. The Bertz CT molecular complexity index is 243. The van der Waals surface area contributed by atoms with Crippen LogP contribution in [0.1, 0.15) is 0 Å². The van der Waals surface area contributed by atoms with Gasteiger partial charge in [-0.25, -0.2) is 9.69 Å². The first-order valence-corrected chi connectivity index (χ1v) is 2.90. The zero-order valence-corrected chi connectivity index (χ0v) is 5.56. The van der Waals surface area contributed by atoms with Crippen LogP contribution in [-0.2, 0) is 0 Å². The van der Waals surface area contributed by atoms with Crippen molar-refractivity contribution in [3.8, 4) is 0 Å². The number of carboxylic acid groups (broad SMARTS) is 1. The molecule has 0 unspecified atom stereocenters. The van der Waals surface area contributed by atoms with Crippen LogP contribution in [0.5, 0.6) is 0 Å². The van der Waals surface area contributed by atoms with Crippen molar-refractivity contribution < 1.29 is 20.1 Å². The van der Waals surface area contributed by atoms with Crippen molar-refractivity contribution in [2.45, 2.75) is 0 Å². The predicted molar refractivity (Wildman–Crippen MR) is 36.2 cm³/mol. The molecule has 1 rings (SSSR count). The largest absolute Gasteiger partial charge is 0.510 e. The first kappa shape index (κ1) is 7.46. The van der Waals surface area contributed by atoms with Crippen LogP contribution in [0.2, 0.25) is 0 Å². The van der Waals surface area contributed by atoms with Crippen molar-refractivity contribution in [1.29, 1.82) is 0 Å². The molecule has 0 saturated carbocycles. The second-order valence-corrected chi connectivity index (χ2v) is 2.05. The van der Waals surface area contributed by atoms with E-state index in [4.69, 9.17) is 15.3 Å². The molecule has 0 atom stereocenters. The van der Waals surface area contributed by atoms with E-state index in [0.717, 1.165) is 6.08 Å². The average Bonchev–Trinajstić information content (AvgIpc) is 1.94. The smallest absolute Gasteiger partial charge is 0.414 e. The van der Waals surface area contributed by atoms with Gasteiger partial charge in [0.1, 0.15) is 5.76 Å². The highest BCUT2D eigenvalue weighted by molar-refractivity contribution is 5.67. The van der Waals surface area contributed by atoms with Gasteiger partial charge < -0.3 is 15.3 Å². The Morgan fingerprint density at radius 2 is 2.09 bits per heavy atom. The number of hydrogen-bond acceptors (Lipinski definition) is 3. The number of rotatable bonds is 0. The van der Waals surface area contributed by atoms with Crippen LogP contribution < -0.4 is 0 Å². The van der Waals surface area contributed by atoms with Crippen molar-refractivity contribution in [1.82, 2.24) is 4.90 Å². The van der Waals surface area contributed by atoms with Crippen molar-refractivity contribution >= 4 is 6.09 Å². The first-order valence-electron chi connectivity index (χ1n) is 2.90. The van der Waals surface area contributed by atoms with Crippen molar-refractivity contribution in [3.05, 3.63) is 23.8 Å². The van der Waals surface area contributed by atoms with E-state index in [-0.39, 0.29) is 18.2 Å². The molecule has 0 aromatic rings. The lowest BCUT2D eigenvalue weighted by Crippen LogP contribution is -2.32. The molecule has 5 nitrogen and oxygen atoms in total. The fourth-order valence-corrected chi connectivity index (χ4v) is 0.722. The minimum Gasteiger partial charge on any atom is -0.510 e. The van der Waals surface area contributed by atoms with Crippen LogP contribution >= 0.6 is 0 Å². The molecular weight excluding hydrogens is 150 g/mol. The van der Waals surface area contributed by atoms with Crippen molar-refractivity contribution in [3.63, 3.8) is 0 Å². The van der Waals surface area contributed by atoms with Gasteiger partial charge in [-0.1, -0.05) is 0 Å². The van der Waals surface area contributed by atoms with E-state index in [1.807, 2.05) is 0 Å². The van der Waals surface area contributed by atoms with Gasteiger partial charge in [-0.3, -0.25) is 0 Å². The maximum Gasteiger partial charge on any atom is 0.414 e. The minimum atomic E-state index is -1.29. The van der Waals surface area contributed by atoms with E-state index in [9.17, 15) is 4.79 Å². The highest BCUT2D eigenvalue weighted by atomic mass is 16.4. The molecular formula is C6H7NO4. The van der Waals surface area contributed by atoms with E-state index < -0.39 is 6.09 Å². The maximum atomic E-state index is 10.3. The second-order valence-electron chi connectivity index (χ2n) is 2.05. The summed E-state index contributed by atoms with van der Waals surface area (Å²) in [6.45, 7) is -0.197. The Hall–Kier alpha value is -1.65. The molecule has 0 bridgehead atoms. The zero-order chi connectivity index (χ0) is 8.43. The quantitative estimate of drug-likeness (QED) is 0.486. The molecule has 5 heteroatoms. The Labute approximate surface area is 62.5 Å². The maximum absolute atomic E-state index is 10.3. The third kappa shape index (κ3) is 1.43. The number of aliphatic hydroxyl groups is 2. The Morgan fingerprint density at radius 3 is 2.55 bits per heavy atom. The van der Waals surface area contributed by atoms with Crippen LogP contribution in [0.4, 0.5) is 4.79 Å². The molecule has 0 radical (unpaired) electrons. The standard InChI is InChI=1S/C6H7NO4/c8-4-1-2-5(9)7(3-4)6(10)11/h1-2,8-9H,3H2,(H,10,11). The minimum absolute atomic E-state index is 0.0924. The molecule has 1 heterocycles. The molecule has 0 fully saturated rings. The molecule has 0 aliphatic carbocycles. The third-order valence-corrected chi connectivity index (χ3v) is 1.25. The lowest BCUT2D eigenvalue weighted by atomic mass is 10.3. The first-order chi connectivity index (χ1) is 5.11. The number of amides is 1. The van der Waals surface area contributed by atoms with Gasteiger partial charge in [-0.2, -0.15) is 0 Å². The van der Waals surface area contributed by atoms with Gasteiger partial charge in [-0.15, -0.1) is 0 Å². The summed E-state index contributed by atoms with van der Waals surface area (Å²) in [6.07, 6.45) is 1.07. The Kier molecular flexibility index (Phi) is 1.72. The van der Waals surface area contributed by atoms with Crippen molar-refractivity contribution in [2.24, 2.45) is 0 Å². The molecule has 0 aromatic carbocycles. The molecule has 1 aliphatic heterocycles. The topological polar surface area (TPSA) is 81.0 Å². The summed E-state index contributed by atoms with van der Waals surface area (Å²) in [5.74, 6) is -0.472. The van der Waals surface area contributed by atoms with E-state index in [1.165, 1.54) is 6.08 Å². The summed E-state index contributed by atoms with van der Waals surface area (Å²) in [5, 5.41) is 26.2. The molecule has 1 amide bonds. The van der Waals surface area contributed by atoms with Crippen LogP contribution in [0.3, 0.4) is 0 Å². The summed E-state index contributed by atoms with van der Waals surface area (Å²) in [5.41, 5.74) is 0. The van der Waals surface area contributed by atoms with Gasteiger partial charge in [0.25, 0.3) is 0 Å². The molecule has 0 spiro atoms. The fraction of sp³-hybridized carbons (Fsp3) is 0.167. The second kappa shape index (κ2) is 2.53. The lowest BCUT2D eigenvalue weighted by Gasteiger charge is -2.19. The summed E-state index contributed by atoms with van der Waals surface area (Å²) in [6, 6.07) is 0. The molecule has 11 heavy (non-hydrogen) atoms. The number of allylic oxidation sites excluding steroid dienone is 2. The van der Waals surface area contributed by atoms with Crippen LogP contribution in [-0.4, -0.2) is 32.9 Å². The fourth-order valence-electron chi connectivity index (χ4n) is 0.722. The number of carbonyl (C=O) groups is 1. The van der Waals surface area contributed by atoms with E-state index in [1.54, 1.807) is 0 Å². The number of nitrogens with zero attached hydrogens (tertiary/aromatic N) is 1. The van der Waals surface area contributed by atoms with E-state index >= 15 is 0 Å². The lowest BCUT2D eigenvalue weighted by molar-refractivity contribution is 0.129. The van der Waals surface area contributed by atoms with Crippen LogP contribution in [0.25, 0.3) is 0 Å². The van der Waals surface area contributed by atoms with Crippen LogP contribution in [0, 0.1) is 0 Å². The van der Waals surface area contributed by atoms with Gasteiger partial charge >= 0.3 is 6.09 Å². The monoisotopic (exact) mass is 157 g/mol. The van der Waals surface area contributed by atoms with Gasteiger partial charge in [0.05, 0.1) is 6.54 Å². The molecule has 1 aliphatic rings. The molecule has 0 saturated heterocycles. The Balaban J connectivity index is 2.81. The number of hydrogen-bond donors (Lipinski definition) is 3. The molecule has 0 aromatic heterocycles.